The van der Waals surface area contributed by atoms with E-state index in [9.17, 15) is 9.18 Å². The predicted octanol–water partition coefficient (Wildman–Crippen LogP) is 4.82. The minimum Gasteiger partial charge on any atom is -0.362 e. The van der Waals surface area contributed by atoms with Gasteiger partial charge in [-0.3, -0.25) is 4.79 Å². The monoisotopic (exact) mass is 469 g/mol. The number of hydrogen-bond acceptors (Lipinski definition) is 5. The van der Waals surface area contributed by atoms with Gasteiger partial charge in [0.2, 0.25) is 11.9 Å². The first-order chi connectivity index (χ1) is 15.9. The maximum Gasteiger partial charge on any atom is 0.225 e. The molecule has 33 heavy (non-hydrogen) atoms. The van der Waals surface area contributed by atoms with Crippen molar-refractivity contribution >= 4 is 40.2 Å². The van der Waals surface area contributed by atoms with Gasteiger partial charge in [-0.15, -0.1) is 0 Å². The van der Waals surface area contributed by atoms with Crippen LogP contribution in [0.5, 0.6) is 0 Å². The van der Waals surface area contributed by atoms with Gasteiger partial charge in [-0.05, 0) is 61.4 Å². The molecule has 1 aliphatic rings. The molecule has 0 saturated heterocycles. The molecule has 8 heteroatoms. The van der Waals surface area contributed by atoms with E-state index in [1.54, 1.807) is 6.07 Å². The molecule has 1 fully saturated rings. The van der Waals surface area contributed by atoms with E-state index in [2.05, 4.69) is 10.6 Å². The van der Waals surface area contributed by atoms with Crippen molar-refractivity contribution in [3.63, 3.8) is 0 Å². The van der Waals surface area contributed by atoms with Gasteiger partial charge in [0.1, 0.15) is 11.6 Å². The Hall–Kier alpha value is -2.93. The zero-order valence-corrected chi connectivity index (χ0v) is 19.7. The average molecular weight is 470 g/mol. The first kappa shape index (κ1) is 23.2. The Morgan fingerprint density at radius 3 is 2.61 bits per heavy atom. The van der Waals surface area contributed by atoms with Gasteiger partial charge in [-0.1, -0.05) is 29.8 Å². The van der Waals surface area contributed by atoms with Crippen LogP contribution in [0, 0.1) is 11.7 Å². The molecule has 0 spiro atoms. The van der Waals surface area contributed by atoms with Gasteiger partial charge in [-0.2, -0.15) is 4.98 Å². The van der Waals surface area contributed by atoms with Crippen LogP contribution in [0.4, 0.5) is 16.2 Å². The normalized spacial score (nSPS) is 18.2. The van der Waals surface area contributed by atoms with Gasteiger partial charge >= 0.3 is 0 Å². The number of aromatic nitrogens is 2. The Labute approximate surface area is 198 Å². The predicted molar refractivity (Wildman–Crippen MR) is 131 cm³/mol. The van der Waals surface area contributed by atoms with Crippen LogP contribution in [0.15, 0.2) is 42.5 Å². The van der Waals surface area contributed by atoms with Crippen molar-refractivity contribution in [1.29, 1.82) is 0 Å². The van der Waals surface area contributed by atoms with Crippen molar-refractivity contribution in [2.45, 2.75) is 38.1 Å². The van der Waals surface area contributed by atoms with Crippen LogP contribution in [0.2, 0.25) is 5.02 Å². The highest BCUT2D eigenvalue weighted by Crippen LogP contribution is 2.28. The summed E-state index contributed by atoms with van der Waals surface area (Å²) >= 11 is 6.02. The van der Waals surface area contributed by atoms with E-state index in [0.29, 0.717) is 30.0 Å². The van der Waals surface area contributed by atoms with Crippen molar-refractivity contribution < 1.29 is 9.18 Å². The third kappa shape index (κ3) is 5.90. The quantitative estimate of drug-likeness (QED) is 0.519. The third-order valence-electron chi connectivity index (χ3n) is 6.14. The number of carbonyl (C=O) groups excluding carboxylic acids is 1. The number of amides is 1. The second-order valence-electron chi connectivity index (χ2n) is 8.86. The molecule has 0 aliphatic heterocycles. The second-order valence-corrected chi connectivity index (χ2v) is 9.27. The Kier molecular flexibility index (Phi) is 7.28. The van der Waals surface area contributed by atoms with Crippen molar-refractivity contribution in [3.8, 4) is 0 Å². The van der Waals surface area contributed by atoms with Crippen LogP contribution in [-0.2, 0) is 11.2 Å². The summed E-state index contributed by atoms with van der Waals surface area (Å²) in [5, 5.41) is 7.84. The number of anilines is 2. The summed E-state index contributed by atoms with van der Waals surface area (Å²) in [5.74, 6) is 1.50. The van der Waals surface area contributed by atoms with E-state index in [1.807, 2.05) is 43.3 Å². The van der Waals surface area contributed by atoms with Gasteiger partial charge < -0.3 is 15.5 Å². The number of benzene rings is 2. The molecule has 0 radical (unpaired) electrons. The minimum absolute atomic E-state index is 0.0930. The number of para-hydroxylation sites is 1. The summed E-state index contributed by atoms with van der Waals surface area (Å²) in [6, 6.07) is 12.5. The second kappa shape index (κ2) is 10.3. The average Bonchev–Trinajstić information content (AvgIpc) is 2.80. The summed E-state index contributed by atoms with van der Waals surface area (Å²) in [6.45, 7) is 0.640. The van der Waals surface area contributed by atoms with Gasteiger partial charge in [0.05, 0.1) is 11.9 Å². The Morgan fingerprint density at radius 2 is 1.88 bits per heavy atom. The first-order valence-electron chi connectivity index (χ1n) is 11.3. The number of nitrogens with one attached hydrogen (secondary N) is 2. The Bertz CT molecular complexity index is 1130. The van der Waals surface area contributed by atoms with Crippen molar-refractivity contribution in [2.24, 2.45) is 5.92 Å². The zero-order chi connectivity index (χ0) is 23.4. The molecule has 0 bridgehead atoms. The molecule has 0 atom stereocenters. The van der Waals surface area contributed by atoms with Crippen molar-refractivity contribution in [2.75, 3.05) is 30.9 Å². The largest absolute Gasteiger partial charge is 0.362 e. The summed E-state index contributed by atoms with van der Waals surface area (Å²) in [7, 11) is 3.98. The first-order valence-corrected chi connectivity index (χ1v) is 11.7. The van der Waals surface area contributed by atoms with Crippen LogP contribution in [-0.4, -0.2) is 42.6 Å². The molecule has 1 aromatic heterocycles. The van der Waals surface area contributed by atoms with Crippen LogP contribution in [0.1, 0.15) is 31.2 Å². The third-order valence-corrected chi connectivity index (χ3v) is 6.49. The molecule has 1 aliphatic carbocycles. The van der Waals surface area contributed by atoms with Gasteiger partial charge in [0, 0.05) is 37.1 Å². The number of hydrogen-bond donors (Lipinski definition) is 2. The minimum atomic E-state index is -0.401. The van der Waals surface area contributed by atoms with Crippen LogP contribution >= 0.6 is 11.6 Å². The molecule has 2 aromatic carbocycles. The number of fused-ring (bicyclic) bond motifs is 1. The lowest BCUT2D eigenvalue weighted by molar-refractivity contribution is -0.120. The summed E-state index contributed by atoms with van der Waals surface area (Å²) < 4.78 is 13.2. The van der Waals surface area contributed by atoms with Gasteiger partial charge in [-0.25, -0.2) is 9.37 Å². The number of carbonyl (C=O) groups is 1. The highest BCUT2D eigenvalue weighted by molar-refractivity contribution is 6.31. The number of rotatable bonds is 7. The van der Waals surface area contributed by atoms with Crippen LogP contribution in [0.25, 0.3) is 10.9 Å². The fraction of sp³-hybridized carbons (Fsp3) is 0.400. The van der Waals surface area contributed by atoms with Crippen molar-refractivity contribution in [3.05, 3.63) is 58.9 Å². The fourth-order valence-electron chi connectivity index (χ4n) is 4.32. The molecule has 1 saturated carbocycles. The lowest BCUT2D eigenvalue weighted by Gasteiger charge is -2.29. The molecule has 4 rings (SSSR count). The molecular weight excluding hydrogens is 441 g/mol. The molecule has 174 valence electrons. The summed E-state index contributed by atoms with van der Waals surface area (Å²) in [5.41, 5.74) is 1.56. The molecule has 1 amide bonds. The SMILES string of the molecule is CN(C)c1nc(N[C@H]2CC[C@@H](CNC(=O)Cc3ccc(F)cc3Cl)CC2)nc2ccccc12. The fourth-order valence-corrected chi connectivity index (χ4v) is 4.55. The maximum atomic E-state index is 13.2. The molecule has 1 heterocycles. The highest BCUT2D eigenvalue weighted by atomic mass is 35.5. The Balaban J connectivity index is 1.27. The molecular formula is C25H29ClFN5O. The molecule has 0 unspecified atom stereocenters. The van der Waals surface area contributed by atoms with E-state index < -0.39 is 5.82 Å². The van der Waals surface area contributed by atoms with E-state index in [-0.39, 0.29) is 17.4 Å². The van der Waals surface area contributed by atoms with E-state index in [1.165, 1.54) is 12.1 Å². The van der Waals surface area contributed by atoms with Gasteiger partial charge in [0.25, 0.3) is 0 Å². The zero-order valence-electron chi connectivity index (χ0n) is 18.9. The number of halogens is 2. The smallest absolute Gasteiger partial charge is 0.225 e. The van der Waals surface area contributed by atoms with Gasteiger partial charge in [0.15, 0.2) is 0 Å². The lowest BCUT2D eigenvalue weighted by Crippen LogP contribution is -2.34. The standard InChI is InChI=1S/C25H29ClFN5O/c1-32(2)24-20-5-3-4-6-22(20)30-25(31-24)29-19-11-7-16(8-12-19)15-28-23(33)13-17-9-10-18(27)14-21(17)26/h3-6,9-10,14,16,19H,7-8,11-13,15H2,1-2H3,(H,28,33)(H,29,30,31)/t16-,19+. The summed E-state index contributed by atoms with van der Waals surface area (Å²) in [4.78, 5) is 23.7. The summed E-state index contributed by atoms with van der Waals surface area (Å²) in [6.07, 6.45) is 4.19. The lowest BCUT2D eigenvalue weighted by atomic mass is 9.86. The Morgan fingerprint density at radius 1 is 1.12 bits per heavy atom. The van der Waals surface area contributed by atoms with E-state index in [4.69, 9.17) is 21.6 Å². The topological polar surface area (TPSA) is 70.2 Å². The highest BCUT2D eigenvalue weighted by Gasteiger charge is 2.23. The van der Waals surface area contributed by atoms with Crippen LogP contribution in [0.3, 0.4) is 0 Å². The van der Waals surface area contributed by atoms with Crippen LogP contribution < -0.4 is 15.5 Å². The maximum absolute atomic E-state index is 13.2. The van der Waals surface area contributed by atoms with E-state index >= 15 is 0 Å². The molecule has 6 nitrogen and oxygen atoms in total. The number of nitrogens with zero attached hydrogens (tertiary/aromatic N) is 3. The van der Waals surface area contributed by atoms with E-state index in [0.717, 1.165) is 42.4 Å². The van der Waals surface area contributed by atoms with Crippen molar-refractivity contribution in [1.82, 2.24) is 15.3 Å². The molecule has 3 aromatic rings. The molecule has 2 N–H and O–H groups in total.